The highest BCUT2D eigenvalue weighted by molar-refractivity contribution is 6.65. The summed E-state index contributed by atoms with van der Waals surface area (Å²) in [5.74, 6) is -1.99. The van der Waals surface area contributed by atoms with Gasteiger partial charge in [0.25, 0.3) is 17.9 Å². The largest absolute Gasteiger partial charge is 0.705 e. The normalized spacial score (nSPS) is 11.0. The van der Waals surface area contributed by atoms with Crippen molar-refractivity contribution in [1.82, 2.24) is 4.90 Å². The molecule has 0 unspecified atom stereocenters. The number of hydrogen-bond acceptors (Lipinski definition) is 8. The Labute approximate surface area is 137 Å². The van der Waals surface area contributed by atoms with Crippen molar-refractivity contribution >= 4 is 26.7 Å². The highest BCUT2D eigenvalue weighted by Crippen LogP contribution is 2.19. The molecule has 0 saturated heterocycles. The first-order chi connectivity index (χ1) is 10.7. The molecule has 0 rings (SSSR count). The van der Waals surface area contributed by atoms with E-state index in [1.165, 1.54) is 20.8 Å². The molecule has 0 aromatic heterocycles. The van der Waals surface area contributed by atoms with E-state index < -0.39 is 26.7 Å². The van der Waals surface area contributed by atoms with Crippen LogP contribution in [0, 0.1) is 0 Å². The molecule has 0 aliphatic heterocycles. The Bertz CT molecular complexity index is 389. The van der Waals surface area contributed by atoms with E-state index in [4.69, 9.17) is 19.0 Å². The number of nitrogens with two attached hydrogens (primary N) is 1. The van der Waals surface area contributed by atoms with Crippen molar-refractivity contribution in [3.8, 4) is 0 Å². The molecule has 0 bridgehead atoms. The molecular formula is C14H26N2O6Si. The molecule has 23 heavy (non-hydrogen) atoms. The van der Waals surface area contributed by atoms with Gasteiger partial charge in [-0.25, -0.2) is 0 Å². The Morgan fingerprint density at radius 2 is 1.52 bits per heavy atom. The predicted octanol–water partition coefficient (Wildman–Crippen LogP) is 0.451. The maximum absolute atomic E-state index is 11.3. The summed E-state index contributed by atoms with van der Waals surface area (Å²) in [6.07, 6.45) is 2.26. The average Bonchev–Trinajstić information content (AvgIpc) is 2.36. The molecule has 9 heteroatoms. The van der Waals surface area contributed by atoms with Crippen molar-refractivity contribution in [2.75, 3.05) is 26.2 Å². The molecule has 0 saturated carbocycles. The molecule has 0 atom stereocenters. The van der Waals surface area contributed by atoms with Crippen LogP contribution in [0.4, 0.5) is 0 Å². The van der Waals surface area contributed by atoms with E-state index in [2.05, 4.69) is 6.58 Å². The molecule has 0 aliphatic rings. The minimum Gasteiger partial charge on any atom is -0.455 e. The summed E-state index contributed by atoms with van der Waals surface area (Å²) in [6.45, 7) is 9.63. The van der Waals surface area contributed by atoms with E-state index in [0.29, 0.717) is 32.6 Å². The molecule has 0 fully saturated rings. The van der Waals surface area contributed by atoms with Gasteiger partial charge in [0.2, 0.25) is 0 Å². The third-order valence-corrected chi connectivity index (χ3v) is 5.45. The van der Waals surface area contributed by atoms with E-state index in [1.54, 1.807) is 6.08 Å². The Kier molecular flexibility index (Phi) is 10.1. The summed E-state index contributed by atoms with van der Waals surface area (Å²) in [5.41, 5.74) is 5.54. The predicted molar refractivity (Wildman–Crippen MR) is 86.2 cm³/mol. The highest BCUT2D eigenvalue weighted by Gasteiger charge is 2.51. The zero-order chi connectivity index (χ0) is 17.9. The second-order valence-corrected chi connectivity index (χ2v) is 7.42. The van der Waals surface area contributed by atoms with Crippen molar-refractivity contribution in [1.29, 1.82) is 0 Å². The lowest BCUT2D eigenvalue weighted by atomic mass is 10.4. The van der Waals surface area contributed by atoms with Crippen LogP contribution in [0.1, 0.15) is 27.2 Å². The Balaban J connectivity index is 4.95. The van der Waals surface area contributed by atoms with E-state index in [9.17, 15) is 14.4 Å². The van der Waals surface area contributed by atoms with Crippen LogP contribution in [0.15, 0.2) is 12.7 Å². The molecule has 0 radical (unpaired) electrons. The van der Waals surface area contributed by atoms with Crippen molar-refractivity contribution < 1.29 is 27.7 Å². The van der Waals surface area contributed by atoms with Crippen LogP contribution in [0.2, 0.25) is 6.04 Å². The summed E-state index contributed by atoms with van der Waals surface area (Å²) in [6, 6.07) is 0.157. The minimum absolute atomic E-state index is 0.157. The second kappa shape index (κ2) is 10.9. The van der Waals surface area contributed by atoms with Crippen molar-refractivity contribution in [2.24, 2.45) is 5.73 Å². The number of carbonyl (C=O) groups excluding carboxylic acids is 3. The van der Waals surface area contributed by atoms with Gasteiger partial charge in [0, 0.05) is 40.4 Å². The molecule has 0 aromatic rings. The second-order valence-electron chi connectivity index (χ2n) is 4.95. The van der Waals surface area contributed by atoms with Crippen LogP contribution in [-0.4, -0.2) is 57.8 Å². The molecular weight excluding hydrogens is 320 g/mol. The topological polar surface area (TPSA) is 108 Å². The molecule has 0 aliphatic carbocycles. The van der Waals surface area contributed by atoms with Crippen molar-refractivity contribution in [2.45, 2.75) is 33.2 Å². The van der Waals surface area contributed by atoms with Gasteiger partial charge in [-0.15, -0.1) is 6.58 Å². The third-order valence-electron chi connectivity index (χ3n) is 2.69. The Morgan fingerprint density at radius 3 is 1.87 bits per heavy atom. The lowest BCUT2D eigenvalue weighted by Gasteiger charge is -2.27. The number of nitrogens with zero attached hydrogens (tertiary/aromatic N) is 1. The zero-order valence-corrected chi connectivity index (χ0v) is 15.0. The summed E-state index contributed by atoms with van der Waals surface area (Å²) in [4.78, 5) is 36.0. The lowest BCUT2D eigenvalue weighted by Crippen LogP contribution is -2.49. The van der Waals surface area contributed by atoms with Crippen LogP contribution < -0.4 is 5.73 Å². The van der Waals surface area contributed by atoms with Gasteiger partial charge in [0.15, 0.2) is 0 Å². The van der Waals surface area contributed by atoms with Crippen LogP contribution in [-0.2, 0) is 27.7 Å². The quantitative estimate of drug-likeness (QED) is 0.424. The fourth-order valence-electron chi connectivity index (χ4n) is 2.05. The molecule has 0 spiro atoms. The first-order valence-electron chi connectivity index (χ1n) is 7.36. The van der Waals surface area contributed by atoms with Gasteiger partial charge in [-0.2, -0.15) is 0 Å². The molecule has 2 N–H and O–H groups in total. The zero-order valence-electron chi connectivity index (χ0n) is 14.0. The number of hydrogen-bond donors (Lipinski definition) is 1. The summed E-state index contributed by atoms with van der Waals surface area (Å²) in [7, 11) is -3.73. The smallest absolute Gasteiger partial charge is 0.455 e. The lowest BCUT2D eigenvalue weighted by molar-refractivity contribution is -0.147. The summed E-state index contributed by atoms with van der Waals surface area (Å²) in [5, 5.41) is 0. The van der Waals surface area contributed by atoms with Gasteiger partial charge < -0.3 is 19.0 Å². The summed E-state index contributed by atoms with van der Waals surface area (Å²) >= 11 is 0. The van der Waals surface area contributed by atoms with Crippen LogP contribution in [0.25, 0.3) is 0 Å². The highest BCUT2D eigenvalue weighted by atomic mass is 28.4. The SMILES string of the molecule is C=CCN(CCN)CCC[Si](OC(C)=O)(OC(C)=O)OC(C)=O. The third kappa shape index (κ3) is 9.82. The van der Waals surface area contributed by atoms with Gasteiger partial charge in [0.1, 0.15) is 0 Å². The first kappa shape index (κ1) is 21.3. The van der Waals surface area contributed by atoms with Gasteiger partial charge >= 0.3 is 8.80 Å². The monoisotopic (exact) mass is 346 g/mol. The van der Waals surface area contributed by atoms with E-state index in [-0.39, 0.29) is 6.04 Å². The standard InChI is InChI=1S/C14H26N2O6Si/c1-5-8-16(10-7-15)9-6-11-23(20-12(2)17,21-13(3)18)22-14(4)19/h5H,1,6-11,15H2,2-4H3. The first-order valence-corrected chi connectivity index (χ1v) is 9.30. The number of rotatable bonds is 11. The number of carbonyl (C=O) groups is 3. The molecule has 8 nitrogen and oxygen atoms in total. The average molecular weight is 346 g/mol. The maximum Gasteiger partial charge on any atom is 0.705 e. The fraction of sp³-hybridized carbons (Fsp3) is 0.643. The van der Waals surface area contributed by atoms with Crippen LogP contribution in [0.3, 0.4) is 0 Å². The fourth-order valence-corrected chi connectivity index (χ4v) is 4.39. The van der Waals surface area contributed by atoms with Gasteiger partial charge in [-0.3, -0.25) is 19.3 Å². The molecule has 132 valence electrons. The summed E-state index contributed by atoms with van der Waals surface area (Å²) < 4.78 is 15.3. The molecule has 0 amide bonds. The molecule has 0 aromatic carbocycles. The molecule has 0 heterocycles. The van der Waals surface area contributed by atoms with E-state index >= 15 is 0 Å². The van der Waals surface area contributed by atoms with Crippen molar-refractivity contribution in [3.63, 3.8) is 0 Å². The minimum atomic E-state index is -3.73. The van der Waals surface area contributed by atoms with E-state index in [0.717, 1.165) is 0 Å². The Hall–Kier alpha value is -1.71. The van der Waals surface area contributed by atoms with Crippen LogP contribution >= 0.6 is 0 Å². The van der Waals surface area contributed by atoms with E-state index in [1.807, 2.05) is 4.90 Å². The van der Waals surface area contributed by atoms with Gasteiger partial charge in [-0.1, -0.05) is 6.08 Å². The Morgan fingerprint density at radius 1 is 1.04 bits per heavy atom. The maximum atomic E-state index is 11.3. The van der Waals surface area contributed by atoms with Crippen LogP contribution in [0.5, 0.6) is 0 Å². The van der Waals surface area contributed by atoms with Crippen molar-refractivity contribution in [3.05, 3.63) is 12.7 Å². The van der Waals surface area contributed by atoms with Gasteiger partial charge in [-0.05, 0) is 13.0 Å². The van der Waals surface area contributed by atoms with Gasteiger partial charge in [0.05, 0.1) is 6.04 Å².